The lowest BCUT2D eigenvalue weighted by molar-refractivity contribution is 0.380. The highest BCUT2D eigenvalue weighted by Crippen LogP contribution is 2.39. The van der Waals surface area contributed by atoms with E-state index in [1.165, 1.54) is 12.8 Å². The van der Waals surface area contributed by atoms with Crippen LogP contribution in [-0.4, -0.2) is 5.16 Å². The Hall–Kier alpha value is -0.790. The Bertz CT molecular complexity index is 213. The second-order valence-corrected chi connectivity index (χ2v) is 2.64. The molecule has 0 amide bonds. The van der Waals surface area contributed by atoms with Crippen LogP contribution in [0.2, 0.25) is 0 Å². The zero-order valence-corrected chi connectivity index (χ0v) is 7.42. The van der Waals surface area contributed by atoms with Crippen molar-refractivity contribution in [2.24, 2.45) is 0 Å². The highest BCUT2D eigenvalue weighted by molar-refractivity contribution is 5.13. The first kappa shape index (κ1) is 8.31. The lowest BCUT2D eigenvalue weighted by Crippen LogP contribution is -1.67. The van der Waals surface area contributed by atoms with Gasteiger partial charge in [-0.05, 0) is 19.8 Å². The van der Waals surface area contributed by atoms with E-state index in [0.717, 1.165) is 11.5 Å². The number of hydrogen-bond acceptors (Lipinski definition) is 2. The fourth-order valence-electron chi connectivity index (χ4n) is 0.944. The molecule has 0 atom stereocenters. The van der Waals surface area contributed by atoms with Crippen molar-refractivity contribution in [1.82, 2.24) is 5.16 Å². The van der Waals surface area contributed by atoms with Crippen molar-refractivity contribution >= 4 is 0 Å². The summed E-state index contributed by atoms with van der Waals surface area (Å²) < 4.78 is 5.04. The van der Waals surface area contributed by atoms with Gasteiger partial charge in [0.1, 0.15) is 5.76 Å². The Labute approximate surface area is 67.6 Å². The zero-order chi connectivity index (χ0) is 8.27. The summed E-state index contributed by atoms with van der Waals surface area (Å²) in [6, 6.07) is 2.03. The van der Waals surface area contributed by atoms with Crippen LogP contribution in [0.15, 0.2) is 10.6 Å². The van der Waals surface area contributed by atoms with E-state index in [1.54, 1.807) is 0 Å². The van der Waals surface area contributed by atoms with Crippen LogP contribution in [0.3, 0.4) is 0 Å². The van der Waals surface area contributed by atoms with E-state index in [9.17, 15) is 0 Å². The molecule has 0 aliphatic heterocycles. The quantitative estimate of drug-likeness (QED) is 0.620. The van der Waals surface area contributed by atoms with Crippen LogP contribution >= 0.6 is 0 Å². The van der Waals surface area contributed by atoms with Gasteiger partial charge in [-0.2, -0.15) is 0 Å². The Kier molecular flexibility index (Phi) is 2.69. The fraction of sp³-hybridized carbons (Fsp3) is 0.667. The summed E-state index contributed by atoms with van der Waals surface area (Å²) in [7, 11) is 0. The molecule has 0 aromatic carbocycles. The van der Waals surface area contributed by atoms with Gasteiger partial charge in [-0.3, -0.25) is 0 Å². The molecule has 2 rings (SSSR count). The van der Waals surface area contributed by atoms with Gasteiger partial charge in [0, 0.05) is 12.0 Å². The summed E-state index contributed by atoms with van der Waals surface area (Å²) >= 11 is 0. The molecule has 1 saturated carbocycles. The van der Waals surface area contributed by atoms with Crippen LogP contribution in [0.4, 0.5) is 0 Å². The molecule has 1 aromatic rings. The second-order valence-electron chi connectivity index (χ2n) is 2.64. The van der Waals surface area contributed by atoms with Crippen LogP contribution in [0.1, 0.15) is 44.1 Å². The lowest BCUT2D eigenvalue weighted by Gasteiger charge is -1.80. The van der Waals surface area contributed by atoms with Crippen LogP contribution < -0.4 is 0 Å². The summed E-state index contributed by atoms with van der Waals surface area (Å²) in [5, 5.41) is 3.80. The molecule has 1 heterocycles. The van der Waals surface area contributed by atoms with Crippen molar-refractivity contribution in [1.29, 1.82) is 0 Å². The van der Waals surface area contributed by atoms with Gasteiger partial charge in [0.2, 0.25) is 0 Å². The Morgan fingerprint density at radius 3 is 2.45 bits per heavy atom. The van der Waals surface area contributed by atoms with Gasteiger partial charge in [-0.1, -0.05) is 19.0 Å². The predicted octanol–water partition coefficient (Wildman–Crippen LogP) is 2.89. The van der Waals surface area contributed by atoms with E-state index in [-0.39, 0.29) is 0 Å². The van der Waals surface area contributed by atoms with Crippen LogP contribution in [0, 0.1) is 6.92 Å². The van der Waals surface area contributed by atoms with E-state index in [4.69, 9.17) is 4.52 Å². The first-order valence-corrected chi connectivity index (χ1v) is 4.29. The van der Waals surface area contributed by atoms with Crippen molar-refractivity contribution < 1.29 is 4.52 Å². The molecule has 1 aromatic heterocycles. The molecule has 1 aliphatic carbocycles. The predicted molar refractivity (Wildman–Crippen MR) is 44.6 cm³/mol. The normalized spacial score (nSPS) is 15.5. The van der Waals surface area contributed by atoms with Crippen molar-refractivity contribution in [2.75, 3.05) is 0 Å². The number of hydrogen-bond donors (Lipinski definition) is 0. The molecule has 1 aliphatic rings. The Morgan fingerprint density at radius 2 is 2.09 bits per heavy atom. The Morgan fingerprint density at radius 1 is 1.45 bits per heavy atom. The van der Waals surface area contributed by atoms with E-state index in [0.29, 0.717) is 5.92 Å². The minimum atomic E-state index is 0.700. The summed E-state index contributed by atoms with van der Waals surface area (Å²) in [5.74, 6) is 1.78. The molecule has 1 fully saturated rings. The SMILES string of the molecule is CC.Cc1cc(C2CC2)on1. The van der Waals surface area contributed by atoms with E-state index in [2.05, 4.69) is 5.16 Å². The molecule has 0 bridgehead atoms. The average molecular weight is 153 g/mol. The van der Waals surface area contributed by atoms with Crippen molar-refractivity contribution in [3.63, 3.8) is 0 Å². The smallest absolute Gasteiger partial charge is 0.140 e. The molecule has 11 heavy (non-hydrogen) atoms. The van der Waals surface area contributed by atoms with Gasteiger partial charge in [-0.25, -0.2) is 0 Å². The standard InChI is InChI=1S/C7H9NO.C2H6/c1-5-4-7(9-8-5)6-2-3-6;1-2/h4,6H,2-3H2,1H3;1-2H3. The monoisotopic (exact) mass is 153 g/mol. The summed E-state index contributed by atoms with van der Waals surface area (Å²) in [5.41, 5.74) is 0.997. The zero-order valence-electron chi connectivity index (χ0n) is 7.42. The highest BCUT2D eigenvalue weighted by Gasteiger charge is 2.27. The molecule has 2 nitrogen and oxygen atoms in total. The number of rotatable bonds is 1. The number of aryl methyl sites for hydroxylation is 1. The maximum absolute atomic E-state index is 5.04. The molecule has 0 saturated heterocycles. The molecular formula is C9H15NO. The van der Waals surface area contributed by atoms with Crippen LogP contribution in [-0.2, 0) is 0 Å². The van der Waals surface area contributed by atoms with Gasteiger partial charge in [-0.15, -0.1) is 0 Å². The fourth-order valence-corrected chi connectivity index (χ4v) is 0.944. The average Bonchev–Trinajstić information content (AvgIpc) is 2.80. The second kappa shape index (κ2) is 3.56. The topological polar surface area (TPSA) is 26.0 Å². The molecule has 0 unspecified atom stereocenters. The molecular weight excluding hydrogens is 138 g/mol. The molecule has 2 heteroatoms. The minimum absolute atomic E-state index is 0.700. The third-order valence-electron chi connectivity index (χ3n) is 1.63. The van der Waals surface area contributed by atoms with Gasteiger partial charge in [0.25, 0.3) is 0 Å². The Balaban J connectivity index is 0.000000281. The summed E-state index contributed by atoms with van der Waals surface area (Å²) in [6.07, 6.45) is 2.57. The molecule has 62 valence electrons. The number of nitrogens with zero attached hydrogens (tertiary/aromatic N) is 1. The maximum Gasteiger partial charge on any atom is 0.140 e. The van der Waals surface area contributed by atoms with Gasteiger partial charge < -0.3 is 4.52 Å². The van der Waals surface area contributed by atoms with E-state index in [1.807, 2.05) is 26.8 Å². The number of aromatic nitrogens is 1. The van der Waals surface area contributed by atoms with Crippen molar-refractivity contribution in [2.45, 2.75) is 39.5 Å². The molecule has 0 N–H and O–H groups in total. The summed E-state index contributed by atoms with van der Waals surface area (Å²) in [4.78, 5) is 0. The van der Waals surface area contributed by atoms with E-state index < -0.39 is 0 Å². The van der Waals surface area contributed by atoms with Crippen molar-refractivity contribution in [3.8, 4) is 0 Å². The largest absolute Gasteiger partial charge is 0.361 e. The minimum Gasteiger partial charge on any atom is -0.361 e. The molecule has 0 spiro atoms. The third-order valence-corrected chi connectivity index (χ3v) is 1.63. The first-order valence-electron chi connectivity index (χ1n) is 4.29. The maximum atomic E-state index is 5.04. The van der Waals surface area contributed by atoms with Gasteiger partial charge in [0.05, 0.1) is 5.69 Å². The van der Waals surface area contributed by atoms with Gasteiger partial charge >= 0.3 is 0 Å². The van der Waals surface area contributed by atoms with E-state index >= 15 is 0 Å². The van der Waals surface area contributed by atoms with Gasteiger partial charge in [0.15, 0.2) is 0 Å². The molecule has 0 radical (unpaired) electrons. The summed E-state index contributed by atoms with van der Waals surface area (Å²) in [6.45, 7) is 5.95. The van der Waals surface area contributed by atoms with Crippen LogP contribution in [0.25, 0.3) is 0 Å². The highest BCUT2D eigenvalue weighted by atomic mass is 16.5. The third kappa shape index (κ3) is 2.07. The first-order chi connectivity index (χ1) is 5.36. The lowest BCUT2D eigenvalue weighted by atomic mass is 10.3. The van der Waals surface area contributed by atoms with Crippen molar-refractivity contribution in [3.05, 3.63) is 17.5 Å². The van der Waals surface area contributed by atoms with Crippen LogP contribution in [0.5, 0.6) is 0 Å².